The first-order chi connectivity index (χ1) is 12.2. The molecule has 2 rings (SSSR count). The molecule has 0 saturated carbocycles. The fourth-order valence-electron chi connectivity index (χ4n) is 2.08. The van der Waals surface area contributed by atoms with E-state index in [1.807, 2.05) is 6.07 Å². The summed E-state index contributed by atoms with van der Waals surface area (Å²) < 4.78 is 10.3. The molecule has 2 aromatic carbocycles. The van der Waals surface area contributed by atoms with E-state index < -0.39 is 5.97 Å². The van der Waals surface area contributed by atoms with Gasteiger partial charge in [0.05, 0.1) is 25.0 Å². The number of hydrogen-bond donors (Lipinski definition) is 0. The number of rotatable bonds is 9. The van der Waals surface area contributed by atoms with Gasteiger partial charge in [-0.1, -0.05) is 12.1 Å². The van der Waals surface area contributed by atoms with E-state index >= 15 is 0 Å². The van der Waals surface area contributed by atoms with Gasteiger partial charge in [-0.15, -0.1) is 23.4 Å². The number of ketones is 1. The average molecular weight is 379 g/mol. The molecule has 25 heavy (non-hydrogen) atoms. The molecular formula is C19H19ClO4S. The van der Waals surface area contributed by atoms with Crippen molar-refractivity contribution < 1.29 is 19.1 Å². The lowest BCUT2D eigenvalue weighted by molar-refractivity contribution is 0.0596. The number of alkyl halides is 1. The SMILES string of the molecule is COC(=O)c1ccccc1SCC(=O)c1ccc(OCCCCl)cc1. The number of methoxy groups -OCH3 is 1. The van der Waals surface area contributed by atoms with Gasteiger partial charge >= 0.3 is 5.97 Å². The maximum Gasteiger partial charge on any atom is 0.338 e. The lowest BCUT2D eigenvalue weighted by atomic mass is 10.1. The Labute approximate surface area is 156 Å². The zero-order chi connectivity index (χ0) is 18.1. The van der Waals surface area contributed by atoms with Crippen LogP contribution in [0.4, 0.5) is 0 Å². The number of esters is 1. The molecule has 0 spiro atoms. The zero-order valence-electron chi connectivity index (χ0n) is 13.9. The smallest absolute Gasteiger partial charge is 0.338 e. The third-order valence-corrected chi connectivity index (χ3v) is 4.71. The summed E-state index contributed by atoms with van der Waals surface area (Å²) >= 11 is 6.92. The first-order valence-corrected chi connectivity index (χ1v) is 9.30. The third kappa shape index (κ3) is 5.80. The van der Waals surface area contributed by atoms with Crippen molar-refractivity contribution in [2.75, 3.05) is 25.3 Å². The molecule has 0 heterocycles. The Kier molecular flexibility index (Phi) is 7.82. The molecule has 0 aliphatic carbocycles. The molecule has 6 heteroatoms. The van der Waals surface area contributed by atoms with Crippen LogP contribution >= 0.6 is 23.4 Å². The predicted octanol–water partition coefficient (Wildman–Crippen LogP) is 4.46. The third-order valence-electron chi connectivity index (χ3n) is 3.37. The van der Waals surface area contributed by atoms with Crippen molar-refractivity contribution in [3.63, 3.8) is 0 Å². The number of carbonyl (C=O) groups excluding carboxylic acids is 2. The molecule has 0 aromatic heterocycles. The normalized spacial score (nSPS) is 10.3. The standard InChI is InChI=1S/C19H19ClO4S/c1-23-19(22)16-5-2-3-6-18(16)25-13-17(21)14-7-9-15(10-8-14)24-12-4-11-20/h2-3,5-10H,4,11-13H2,1H3. The van der Waals surface area contributed by atoms with Crippen molar-refractivity contribution in [1.29, 1.82) is 0 Å². The number of Topliss-reactive ketones (excluding diaryl/α,β-unsaturated/α-hetero) is 1. The van der Waals surface area contributed by atoms with Gasteiger partial charge in [0, 0.05) is 16.3 Å². The van der Waals surface area contributed by atoms with Gasteiger partial charge < -0.3 is 9.47 Å². The van der Waals surface area contributed by atoms with E-state index in [4.69, 9.17) is 21.1 Å². The van der Waals surface area contributed by atoms with E-state index in [2.05, 4.69) is 0 Å². The summed E-state index contributed by atoms with van der Waals surface area (Å²) in [7, 11) is 1.34. The van der Waals surface area contributed by atoms with Crippen LogP contribution in [0.15, 0.2) is 53.4 Å². The van der Waals surface area contributed by atoms with Gasteiger partial charge in [-0.25, -0.2) is 4.79 Å². The van der Waals surface area contributed by atoms with Crippen molar-refractivity contribution in [3.05, 3.63) is 59.7 Å². The van der Waals surface area contributed by atoms with Crippen molar-refractivity contribution >= 4 is 35.1 Å². The summed E-state index contributed by atoms with van der Waals surface area (Å²) in [5, 5.41) is 0. The van der Waals surface area contributed by atoms with Gasteiger partial charge in [0.15, 0.2) is 5.78 Å². The Hall–Kier alpha value is -1.98. The molecule has 0 atom stereocenters. The quantitative estimate of drug-likeness (QED) is 0.212. The molecular weight excluding hydrogens is 360 g/mol. The zero-order valence-corrected chi connectivity index (χ0v) is 15.4. The highest BCUT2D eigenvalue weighted by molar-refractivity contribution is 8.00. The summed E-state index contributed by atoms with van der Waals surface area (Å²) in [6, 6.07) is 14.1. The highest BCUT2D eigenvalue weighted by Gasteiger charge is 2.13. The van der Waals surface area contributed by atoms with Crippen molar-refractivity contribution in [3.8, 4) is 5.75 Å². The fourth-order valence-corrected chi connectivity index (χ4v) is 3.12. The van der Waals surface area contributed by atoms with Crippen LogP contribution in [0.3, 0.4) is 0 Å². The minimum Gasteiger partial charge on any atom is -0.494 e. The minimum atomic E-state index is -0.408. The van der Waals surface area contributed by atoms with E-state index in [-0.39, 0.29) is 11.5 Å². The molecule has 0 N–H and O–H groups in total. The first-order valence-electron chi connectivity index (χ1n) is 7.78. The number of thioether (sulfide) groups is 1. The Morgan fingerprint density at radius 3 is 2.48 bits per heavy atom. The Balaban J connectivity index is 1.95. The number of hydrogen-bond acceptors (Lipinski definition) is 5. The molecule has 2 aromatic rings. The number of halogens is 1. The lowest BCUT2D eigenvalue weighted by Gasteiger charge is -2.08. The monoisotopic (exact) mass is 378 g/mol. The number of ether oxygens (including phenoxy) is 2. The van der Waals surface area contributed by atoms with E-state index in [9.17, 15) is 9.59 Å². The summed E-state index contributed by atoms with van der Waals surface area (Å²) in [5.41, 5.74) is 1.07. The molecule has 0 bridgehead atoms. The van der Waals surface area contributed by atoms with E-state index in [1.54, 1.807) is 42.5 Å². The first kappa shape index (κ1) is 19.3. The molecule has 0 saturated heterocycles. The molecule has 0 unspecified atom stereocenters. The Morgan fingerprint density at radius 1 is 1.08 bits per heavy atom. The van der Waals surface area contributed by atoms with Gasteiger partial charge in [-0.05, 0) is 42.8 Å². The highest BCUT2D eigenvalue weighted by Crippen LogP contribution is 2.24. The van der Waals surface area contributed by atoms with E-state index in [0.29, 0.717) is 29.4 Å². The summed E-state index contributed by atoms with van der Waals surface area (Å²) in [6.45, 7) is 0.553. The maximum absolute atomic E-state index is 12.3. The van der Waals surface area contributed by atoms with Crippen LogP contribution in [0.1, 0.15) is 27.1 Å². The molecule has 4 nitrogen and oxygen atoms in total. The van der Waals surface area contributed by atoms with Crippen LogP contribution < -0.4 is 4.74 Å². The topological polar surface area (TPSA) is 52.6 Å². The highest BCUT2D eigenvalue weighted by atomic mass is 35.5. The van der Waals surface area contributed by atoms with Crippen LogP contribution in [-0.2, 0) is 4.74 Å². The van der Waals surface area contributed by atoms with Gasteiger partial charge in [-0.2, -0.15) is 0 Å². The molecule has 0 aliphatic rings. The minimum absolute atomic E-state index is 0.0167. The largest absolute Gasteiger partial charge is 0.494 e. The molecule has 0 fully saturated rings. The second-order valence-corrected chi connectivity index (χ2v) is 6.51. The summed E-state index contributed by atoms with van der Waals surface area (Å²) in [6.07, 6.45) is 0.776. The van der Waals surface area contributed by atoms with E-state index in [0.717, 1.165) is 11.3 Å². The maximum atomic E-state index is 12.3. The van der Waals surface area contributed by atoms with Crippen molar-refractivity contribution in [2.45, 2.75) is 11.3 Å². The van der Waals surface area contributed by atoms with Crippen molar-refractivity contribution in [1.82, 2.24) is 0 Å². The molecule has 0 radical (unpaired) electrons. The molecule has 132 valence electrons. The van der Waals surface area contributed by atoms with Gasteiger partial charge in [0.1, 0.15) is 5.75 Å². The van der Waals surface area contributed by atoms with Crippen molar-refractivity contribution in [2.24, 2.45) is 0 Å². The molecule has 0 amide bonds. The van der Waals surface area contributed by atoms with Crippen LogP contribution in [-0.4, -0.2) is 37.1 Å². The van der Waals surface area contributed by atoms with Crippen LogP contribution in [0.25, 0.3) is 0 Å². The Morgan fingerprint density at radius 2 is 1.80 bits per heavy atom. The summed E-state index contributed by atoms with van der Waals surface area (Å²) in [4.78, 5) is 24.8. The lowest BCUT2D eigenvalue weighted by Crippen LogP contribution is -2.06. The van der Waals surface area contributed by atoms with Crippen LogP contribution in [0.5, 0.6) is 5.75 Å². The predicted molar refractivity (Wildman–Crippen MR) is 100 cm³/mol. The van der Waals surface area contributed by atoms with E-state index in [1.165, 1.54) is 18.9 Å². The van der Waals surface area contributed by atoms with Gasteiger partial charge in [-0.3, -0.25) is 4.79 Å². The van der Waals surface area contributed by atoms with Gasteiger partial charge in [0.25, 0.3) is 0 Å². The summed E-state index contributed by atoms with van der Waals surface area (Å²) in [5.74, 6) is 1.08. The Bertz CT molecular complexity index is 716. The number of carbonyl (C=O) groups is 2. The molecule has 0 aliphatic heterocycles. The second-order valence-electron chi connectivity index (χ2n) is 5.11. The average Bonchev–Trinajstić information content (AvgIpc) is 2.66. The van der Waals surface area contributed by atoms with Gasteiger partial charge in [0.2, 0.25) is 0 Å². The fraction of sp³-hybridized carbons (Fsp3) is 0.263. The van der Waals surface area contributed by atoms with Crippen LogP contribution in [0.2, 0.25) is 0 Å². The number of benzene rings is 2. The van der Waals surface area contributed by atoms with Crippen LogP contribution in [0, 0.1) is 0 Å². The second kappa shape index (κ2) is 10.1.